The predicted octanol–water partition coefficient (Wildman–Crippen LogP) is 2.37. The van der Waals surface area contributed by atoms with Gasteiger partial charge in [0.15, 0.2) is 0 Å². The van der Waals surface area contributed by atoms with Crippen LogP contribution in [0.2, 0.25) is 0 Å². The van der Waals surface area contributed by atoms with Crippen molar-refractivity contribution in [3.8, 4) is 0 Å². The Kier molecular flexibility index (Phi) is 6.70. The van der Waals surface area contributed by atoms with Crippen LogP contribution in [0.25, 0.3) is 0 Å². The number of hydrogen-bond acceptors (Lipinski definition) is 3. The summed E-state index contributed by atoms with van der Waals surface area (Å²) in [5.74, 6) is 0.610. The number of rotatable bonds is 9. The third-order valence-electron chi connectivity index (χ3n) is 2.96. The molecule has 0 bridgehead atoms. The third-order valence-corrected chi connectivity index (χ3v) is 2.96. The van der Waals surface area contributed by atoms with Crippen LogP contribution in [0.15, 0.2) is 12.3 Å². The van der Waals surface area contributed by atoms with Gasteiger partial charge in [-0.1, -0.05) is 26.7 Å². The fraction of sp³-hybridized carbons (Fsp3) is 0.769. The van der Waals surface area contributed by atoms with Gasteiger partial charge in [0.1, 0.15) is 5.82 Å². The van der Waals surface area contributed by atoms with E-state index in [9.17, 15) is 0 Å². The summed E-state index contributed by atoms with van der Waals surface area (Å²) in [6.07, 6.45) is 7.04. The highest BCUT2D eigenvalue weighted by Gasteiger charge is 2.04. The molecule has 0 spiro atoms. The Labute approximate surface area is 105 Å². The average Bonchev–Trinajstić information content (AvgIpc) is 2.74. The first-order valence-electron chi connectivity index (χ1n) is 6.77. The molecule has 1 heterocycles. The molecule has 0 atom stereocenters. The summed E-state index contributed by atoms with van der Waals surface area (Å²) < 4.78 is 1.93. The van der Waals surface area contributed by atoms with Crippen LogP contribution in [-0.2, 0) is 6.54 Å². The largest absolute Gasteiger partial charge is 0.382 e. The highest BCUT2D eigenvalue weighted by Crippen LogP contribution is 2.01. The molecule has 0 saturated heterocycles. The fourth-order valence-electron chi connectivity index (χ4n) is 1.84. The summed E-state index contributed by atoms with van der Waals surface area (Å²) in [6, 6.07) is 1.85. The van der Waals surface area contributed by atoms with Crippen LogP contribution in [0.1, 0.15) is 39.5 Å². The van der Waals surface area contributed by atoms with Gasteiger partial charge in [-0.15, -0.1) is 0 Å². The number of nitrogen functional groups attached to an aromatic ring is 1. The van der Waals surface area contributed by atoms with Crippen LogP contribution in [-0.4, -0.2) is 34.3 Å². The highest BCUT2D eigenvalue weighted by molar-refractivity contribution is 5.23. The van der Waals surface area contributed by atoms with E-state index in [1.165, 1.54) is 38.8 Å². The van der Waals surface area contributed by atoms with E-state index < -0.39 is 0 Å². The maximum absolute atomic E-state index is 5.60. The number of nitrogens with two attached hydrogens (primary N) is 1. The molecule has 1 rings (SSSR count). The van der Waals surface area contributed by atoms with Gasteiger partial charge in [-0.2, -0.15) is 5.10 Å². The molecule has 1 aromatic rings. The average molecular weight is 238 g/mol. The van der Waals surface area contributed by atoms with Gasteiger partial charge in [0.2, 0.25) is 0 Å². The van der Waals surface area contributed by atoms with Gasteiger partial charge in [-0.3, -0.25) is 4.68 Å². The molecule has 1 aromatic heterocycles. The Morgan fingerprint density at radius 1 is 1.18 bits per heavy atom. The zero-order valence-electron chi connectivity index (χ0n) is 11.2. The summed E-state index contributed by atoms with van der Waals surface area (Å²) in [5.41, 5.74) is 5.60. The first-order valence-corrected chi connectivity index (χ1v) is 6.77. The van der Waals surface area contributed by atoms with E-state index in [4.69, 9.17) is 5.73 Å². The first kappa shape index (κ1) is 14.0. The first-order chi connectivity index (χ1) is 8.26. The van der Waals surface area contributed by atoms with Crippen molar-refractivity contribution in [1.29, 1.82) is 0 Å². The highest BCUT2D eigenvalue weighted by atomic mass is 15.3. The Morgan fingerprint density at radius 2 is 1.82 bits per heavy atom. The van der Waals surface area contributed by atoms with Crippen molar-refractivity contribution in [2.24, 2.45) is 0 Å². The van der Waals surface area contributed by atoms with Gasteiger partial charge in [0, 0.05) is 12.7 Å². The Bertz CT molecular complexity index is 287. The molecule has 0 radical (unpaired) electrons. The van der Waals surface area contributed by atoms with Crippen molar-refractivity contribution in [2.45, 2.75) is 46.1 Å². The molecule has 98 valence electrons. The minimum atomic E-state index is 0.610. The van der Waals surface area contributed by atoms with E-state index in [-0.39, 0.29) is 0 Å². The Hall–Kier alpha value is -1.03. The van der Waals surface area contributed by atoms with Crippen LogP contribution >= 0.6 is 0 Å². The van der Waals surface area contributed by atoms with Crippen LogP contribution in [0.5, 0.6) is 0 Å². The number of unbranched alkanes of at least 4 members (excludes halogenated alkanes) is 2. The third kappa shape index (κ3) is 5.73. The molecule has 0 aliphatic carbocycles. The summed E-state index contributed by atoms with van der Waals surface area (Å²) in [5, 5.41) is 4.21. The standard InChI is InChI=1S/C13H26N4/c1-3-5-8-16(9-6-4-2)11-12-17-10-7-13(14)15-17/h7,10H,3-6,8-9,11-12H2,1-2H3,(H2,14,15). The van der Waals surface area contributed by atoms with Crippen molar-refractivity contribution in [3.05, 3.63) is 12.3 Å². The smallest absolute Gasteiger partial charge is 0.145 e. The topological polar surface area (TPSA) is 47.1 Å². The number of anilines is 1. The van der Waals surface area contributed by atoms with Gasteiger partial charge in [-0.25, -0.2) is 0 Å². The van der Waals surface area contributed by atoms with Gasteiger partial charge in [0.25, 0.3) is 0 Å². The van der Waals surface area contributed by atoms with Gasteiger partial charge >= 0.3 is 0 Å². The van der Waals surface area contributed by atoms with Crippen molar-refractivity contribution < 1.29 is 0 Å². The van der Waals surface area contributed by atoms with Gasteiger partial charge in [-0.05, 0) is 32.0 Å². The molecule has 0 saturated carbocycles. The van der Waals surface area contributed by atoms with E-state index in [2.05, 4.69) is 23.8 Å². The molecular weight excluding hydrogens is 212 g/mol. The van der Waals surface area contributed by atoms with Crippen LogP contribution in [0.4, 0.5) is 5.82 Å². The second-order valence-corrected chi connectivity index (χ2v) is 4.55. The normalized spacial score (nSPS) is 11.2. The molecule has 0 unspecified atom stereocenters. The second kappa shape index (κ2) is 8.12. The minimum absolute atomic E-state index is 0.610. The SMILES string of the molecule is CCCCN(CCCC)CCn1ccc(N)n1. The van der Waals surface area contributed by atoms with Crippen molar-refractivity contribution in [2.75, 3.05) is 25.4 Å². The summed E-state index contributed by atoms with van der Waals surface area (Å²) in [6.45, 7) is 8.89. The number of nitrogens with zero attached hydrogens (tertiary/aromatic N) is 3. The summed E-state index contributed by atoms with van der Waals surface area (Å²) in [4.78, 5) is 2.53. The molecule has 4 heteroatoms. The zero-order valence-corrected chi connectivity index (χ0v) is 11.2. The van der Waals surface area contributed by atoms with Crippen LogP contribution < -0.4 is 5.73 Å². The maximum Gasteiger partial charge on any atom is 0.145 e. The van der Waals surface area contributed by atoms with Gasteiger partial charge in [0.05, 0.1) is 6.54 Å². The number of aromatic nitrogens is 2. The van der Waals surface area contributed by atoms with Crippen LogP contribution in [0.3, 0.4) is 0 Å². The lowest BCUT2D eigenvalue weighted by molar-refractivity contribution is 0.251. The summed E-state index contributed by atoms with van der Waals surface area (Å²) >= 11 is 0. The molecule has 0 aliphatic rings. The van der Waals surface area contributed by atoms with E-state index in [1.807, 2.05) is 16.9 Å². The quantitative estimate of drug-likeness (QED) is 0.718. The van der Waals surface area contributed by atoms with Crippen molar-refractivity contribution in [3.63, 3.8) is 0 Å². The lowest BCUT2D eigenvalue weighted by Gasteiger charge is -2.21. The summed E-state index contributed by atoms with van der Waals surface area (Å²) in [7, 11) is 0. The molecule has 4 nitrogen and oxygen atoms in total. The molecule has 0 aromatic carbocycles. The van der Waals surface area contributed by atoms with Crippen molar-refractivity contribution >= 4 is 5.82 Å². The second-order valence-electron chi connectivity index (χ2n) is 4.55. The molecule has 17 heavy (non-hydrogen) atoms. The molecular formula is C13H26N4. The lowest BCUT2D eigenvalue weighted by Crippen LogP contribution is -2.29. The fourth-order valence-corrected chi connectivity index (χ4v) is 1.84. The zero-order chi connectivity index (χ0) is 12.5. The van der Waals surface area contributed by atoms with Crippen LogP contribution in [0, 0.1) is 0 Å². The lowest BCUT2D eigenvalue weighted by atomic mass is 10.2. The Morgan fingerprint density at radius 3 is 2.29 bits per heavy atom. The molecule has 0 aliphatic heterocycles. The van der Waals surface area contributed by atoms with E-state index in [0.717, 1.165) is 13.1 Å². The van der Waals surface area contributed by atoms with E-state index >= 15 is 0 Å². The Balaban J connectivity index is 2.31. The monoisotopic (exact) mass is 238 g/mol. The van der Waals surface area contributed by atoms with Crippen molar-refractivity contribution in [1.82, 2.24) is 14.7 Å². The predicted molar refractivity (Wildman–Crippen MR) is 72.9 cm³/mol. The van der Waals surface area contributed by atoms with E-state index in [1.54, 1.807) is 0 Å². The molecule has 0 amide bonds. The van der Waals surface area contributed by atoms with E-state index in [0.29, 0.717) is 5.82 Å². The molecule has 2 N–H and O–H groups in total. The minimum Gasteiger partial charge on any atom is -0.382 e. The maximum atomic E-state index is 5.60. The van der Waals surface area contributed by atoms with Gasteiger partial charge < -0.3 is 10.6 Å². The number of hydrogen-bond donors (Lipinski definition) is 1. The molecule has 0 fully saturated rings.